The molecule has 0 radical (unpaired) electrons. The Morgan fingerprint density at radius 3 is 2.39 bits per heavy atom. The second-order valence-corrected chi connectivity index (χ2v) is 6.79. The van der Waals surface area contributed by atoms with Crippen LogP contribution in [0.1, 0.15) is 65.7 Å². The molecule has 18 heavy (non-hydrogen) atoms. The molecule has 1 aliphatic rings. The molecule has 0 aromatic heterocycles. The maximum absolute atomic E-state index is 5.18. The highest BCUT2D eigenvalue weighted by Crippen LogP contribution is 2.28. The van der Waals surface area contributed by atoms with Crippen molar-refractivity contribution in [1.82, 2.24) is 5.32 Å². The third-order valence-electron chi connectivity index (χ3n) is 4.40. The molecule has 1 rings (SSSR count). The third-order valence-corrected chi connectivity index (χ3v) is 4.40. The van der Waals surface area contributed by atoms with Gasteiger partial charge in [-0.2, -0.15) is 0 Å². The van der Waals surface area contributed by atoms with Crippen molar-refractivity contribution < 1.29 is 4.74 Å². The van der Waals surface area contributed by atoms with Crippen molar-refractivity contribution in [1.29, 1.82) is 0 Å². The lowest BCUT2D eigenvalue weighted by Crippen LogP contribution is -2.39. The van der Waals surface area contributed by atoms with Crippen molar-refractivity contribution in [3.63, 3.8) is 0 Å². The van der Waals surface area contributed by atoms with E-state index in [0.29, 0.717) is 5.41 Å². The van der Waals surface area contributed by atoms with E-state index in [1.165, 1.54) is 38.5 Å². The van der Waals surface area contributed by atoms with E-state index in [1.807, 2.05) is 0 Å². The van der Waals surface area contributed by atoms with Crippen molar-refractivity contribution >= 4 is 0 Å². The van der Waals surface area contributed by atoms with Gasteiger partial charge in [-0.25, -0.2) is 0 Å². The van der Waals surface area contributed by atoms with Crippen LogP contribution in [0.15, 0.2) is 0 Å². The van der Waals surface area contributed by atoms with E-state index in [1.54, 1.807) is 7.11 Å². The number of ether oxygens (including phenoxy) is 1. The Labute approximate surface area is 114 Å². The molecule has 0 aromatic carbocycles. The van der Waals surface area contributed by atoms with Gasteiger partial charge in [0, 0.05) is 26.3 Å². The van der Waals surface area contributed by atoms with Gasteiger partial charge in [0.1, 0.15) is 0 Å². The van der Waals surface area contributed by atoms with Crippen LogP contribution < -0.4 is 5.32 Å². The first-order chi connectivity index (χ1) is 8.57. The second kappa shape index (κ2) is 8.16. The molecule has 0 saturated heterocycles. The zero-order valence-corrected chi connectivity index (χ0v) is 12.9. The summed E-state index contributed by atoms with van der Waals surface area (Å²) < 4.78 is 5.18. The van der Waals surface area contributed by atoms with Gasteiger partial charge >= 0.3 is 0 Å². The highest BCUT2D eigenvalue weighted by Gasteiger charge is 2.23. The minimum absolute atomic E-state index is 0.357. The quantitative estimate of drug-likeness (QED) is 0.708. The van der Waals surface area contributed by atoms with Gasteiger partial charge < -0.3 is 10.1 Å². The molecule has 1 N–H and O–H groups in total. The Hall–Kier alpha value is -0.0800. The van der Waals surface area contributed by atoms with Crippen LogP contribution in [-0.4, -0.2) is 26.3 Å². The number of hydrogen-bond acceptors (Lipinski definition) is 2. The van der Waals surface area contributed by atoms with E-state index < -0.39 is 0 Å². The van der Waals surface area contributed by atoms with Crippen LogP contribution in [0, 0.1) is 11.3 Å². The minimum atomic E-state index is 0.357. The van der Waals surface area contributed by atoms with Gasteiger partial charge in [-0.15, -0.1) is 0 Å². The van der Waals surface area contributed by atoms with E-state index >= 15 is 0 Å². The normalized spacial score (nSPS) is 25.3. The Morgan fingerprint density at radius 1 is 1.17 bits per heavy atom. The molecule has 0 atom stereocenters. The molecule has 0 unspecified atom stereocenters. The van der Waals surface area contributed by atoms with Gasteiger partial charge in [-0.3, -0.25) is 0 Å². The van der Waals surface area contributed by atoms with Crippen molar-refractivity contribution in [3.05, 3.63) is 0 Å². The largest absolute Gasteiger partial charge is 0.385 e. The van der Waals surface area contributed by atoms with E-state index in [9.17, 15) is 0 Å². The summed E-state index contributed by atoms with van der Waals surface area (Å²) in [5, 5.41) is 3.78. The summed E-state index contributed by atoms with van der Waals surface area (Å²) in [6.07, 6.45) is 9.56. The van der Waals surface area contributed by atoms with Crippen LogP contribution in [0.4, 0.5) is 0 Å². The molecule has 0 bridgehead atoms. The van der Waals surface area contributed by atoms with Crippen molar-refractivity contribution in [2.75, 3.05) is 20.3 Å². The Bertz CT molecular complexity index is 207. The number of methoxy groups -OCH3 is 1. The summed E-state index contributed by atoms with van der Waals surface area (Å²) in [5.41, 5.74) is 0.357. The predicted octanol–water partition coefficient (Wildman–Crippen LogP) is 4.00. The van der Waals surface area contributed by atoms with Gasteiger partial charge in [0.15, 0.2) is 0 Å². The topological polar surface area (TPSA) is 21.3 Å². The average Bonchev–Trinajstić information content (AvgIpc) is 2.36. The Balaban J connectivity index is 2.17. The lowest BCUT2D eigenvalue weighted by Gasteiger charge is -2.32. The molecule has 0 spiro atoms. The van der Waals surface area contributed by atoms with Crippen molar-refractivity contribution in [3.8, 4) is 0 Å². The summed E-state index contributed by atoms with van der Waals surface area (Å²) in [6.45, 7) is 8.98. The maximum Gasteiger partial charge on any atom is 0.0467 e. The summed E-state index contributed by atoms with van der Waals surface area (Å²) >= 11 is 0. The highest BCUT2D eigenvalue weighted by atomic mass is 16.5. The number of hydrogen-bond donors (Lipinski definition) is 1. The zero-order valence-electron chi connectivity index (χ0n) is 12.9. The van der Waals surface area contributed by atoms with Gasteiger partial charge in [-0.1, -0.05) is 33.6 Å². The van der Waals surface area contributed by atoms with Crippen LogP contribution in [0.25, 0.3) is 0 Å². The number of nitrogens with one attached hydrogen (secondary N) is 1. The molecule has 2 nitrogen and oxygen atoms in total. The fourth-order valence-corrected chi connectivity index (χ4v) is 2.95. The van der Waals surface area contributed by atoms with Crippen LogP contribution >= 0.6 is 0 Å². The molecule has 0 amide bonds. The predicted molar refractivity (Wildman–Crippen MR) is 78.9 cm³/mol. The molecular weight excluding hydrogens is 222 g/mol. The first-order valence-corrected chi connectivity index (χ1v) is 7.79. The summed E-state index contributed by atoms with van der Waals surface area (Å²) in [5.74, 6) is 1.01. The molecule has 0 aromatic rings. The SMILES string of the molecule is CCCC1CCC(NCC(C)(C)CCOC)CC1. The molecule has 0 aliphatic heterocycles. The lowest BCUT2D eigenvalue weighted by molar-refractivity contribution is 0.146. The van der Waals surface area contributed by atoms with E-state index in [4.69, 9.17) is 4.74 Å². The second-order valence-electron chi connectivity index (χ2n) is 6.79. The fourth-order valence-electron chi connectivity index (χ4n) is 2.95. The molecule has 1 aliphatic carbocycles. The summed E-state index contributed by atoms with van der Waals surface area (Å²) in [4.78, 5) is 0. The fraction of sp³-hybridized carbons (Fsp3) is 1.00. The zero-order chi connectivity index (χ0) is 13.4. The molecule has 1 saturated carbocycles. The van der Waals surface area contributed by atoms with Gasteiger partial charge in [0.2, 0.25) is 0 Å². The first-order valence-electron chi connectivity index (χ1n) is 7.79. The van der Waals surface area contributed by atoms with Gasteiger partial charge in [0.25, 0.3) is 0 Å². The van der Waals surface area contributed by atoms with E-state index in [2.05, 4.69) is 26.1 Å². The summed E-state index contributed by atoms with van der Waals surface area (Å²) in [6, 6.07) is 0.764. The van der Waals surface area contributed by atoms with Crippen LogP contribution in [0.3, 0.4) is 0 Å². The molecular formula is C16H33NO. The van der Waals surface area contributed by atoms with Crippen LogP contribution in [-0.2, 0) is 4.74 Å². The van der Waals surface area contributed by atoms with Gasteiger partial charge in [0.05, 0.1) is 0 Å². The Morgan fingerprint density at radius 2 is 1.83 bits per heavy atom. The van der Waals surface area contributed by atoms with Crippen LogP contribution in [0.2, 0.25) is 0 Å². The lowest BCUT2D eigenvalue weighted by atomic mass is 9.82. The van der Waals surface area contributed by atoms with Crippen LogP contribution in [0.5, 0.6) is 0 Å². The molecule has 2 heteroatoms. The minimum Gasteiger partial charge on any atom is -0.385 e. The van der Waals surface area contributed by atoms with E-state index in [-0.39, 0.29) is 0 Å². The molecule has 1 fully saturated rings. The smallest absolute Gasteiger partial charge is 0.0467 e. The highest BCUT2D eigenvalue weighted by molar-refractivity contribution is 4.80. The average molecular weight is 255 g/mol. The Kier molecular flexibility index (Phi) is 7.25. The van der Waals surface area contributed by atoms with Crippen molar-refractivity contribution in [2.45, 2.75) is 71.8 Å². The first kappa shape index (κ1) is 16.0. The number of rotatable bonds is 8. The van der Waals surface area contributed by atoms with Gasteiger partial charge in [-0.05, 0) is 43.4 Å². The monoisotopic (exact) mass is 255 g/mol. The summed E-state index contributed by atoms with van der Waals surface area (Å²) in [7, 11) is 1.79. The van der Waals surface area contributed by atoms with E-state index in [0.717, 1.165) is 31.5 Å². The standard InChI is InChI=1S/C16H33NO/c1-5-6-14-7-9-15(10-8-14)17-13-16(2,3)11-12-18-4/h14-15,17H,5-13H2,1-4H3. The third kappa shape index (κ3) is 6.19. The molecule has 0 heterocycles. The maximum atomic E-state index is 5.18. The van der Waals surface area contributed by atoms with Crippen molar-refractivity contribution in [2.24, 2.45) is 11.3 Å². The molecule has 108 valence electrons.